The second-order valence-corrected chi connectivity index (χ2v) is 7.92. The van der Waals surface area contributed by atoms with Crippen molar-refractivity contribution in [2.75, 3.05) is 12.4 Å². The highest BCUT2D eigenvalue weighted by molar-refractivity contribution is 7.80. The van der Waals surface area contributed by atoms with Crippen LogP contribution in [0.25, 0.3) is 0 Å². The summed E-state index contributed by atoms with van der Waals surface area (Å²) < 4.78 is 10.7. The molecule has 164 valence electrons. The summed E-state index contributed by atoms with van der Waals surface area (Å²) in [5, 5.41) is 8.55. The molecule has 0 aliphatic carbocycles. The van der Waals surface area contributed by atoms with Crippen molar-refractivity contribution in [1.29, 1.82) is 0 Å². The molecule has 0 radical (unpaired) electrons. The Balaban J connectivity index is 1.63. The maximum atomic E-state index is 12.4. The van der Waals surface area contributed by atoms with Gasteiger partial charge in [0, 0.05) is 10.7 Å². The number of nitrogens with one attached hydrogen (secondary N) is 2. The summed E-state index contributed by atoms with van der Waals surface area (Å²) in [5.41, 5.74) is 4.40. The molecule has 0 amide bonds. The van der Waals surface area contributed by atoms with Crippen LogP contribution in [0.15, 0.2) is 65.8 Å². The molecule has 0 atom stereocenters. The lowest BCUT2D eigenvalue weighted by Crippen LogP contribution is -2.23. The number of anilines is 1. The number of carbonyl (C=O) groups excluding carboxylic acids is 1. The van der Waals surface area contributed by atoms with Crippen molar-refractivity contribution in [2.24, 2.45) is 5.10 Å². The minimum absolute atomic E-state index is 0.242. The summed E-state index contributed by atoms with van der Waals surface area (Å²) in [4.78, 5) is 12.4. The van der Waals surface area contributed by atoms with E-state index in [4.69, 9.17) is 56.5 Å². The Morgan fingerprint density at radius 2 is 1.81 bits per heavy atom. The van der Waals surface area contributed by atoms with Crippen LogP contribution in [0.3, 0.4) is 0 Å². The molecule has 0 aromatic heterocycles. The van der Waals surface area contributed by atoms with Crippen molar-refractivity contribution in [3.05, 3.63) is 86.9 Å². The number of esters is 1. The fraction of sp³-hybridized carbons (Fsp3) is 0.0455. The summed E-state index contributed by atoms with van der Waals surface area (Å²) in [7, 11) is 1.47. The Hall–Kier alpha value is -2.84. The first-order valence-corrected chi connectivity index (χ1v) is 10.6. The van der Waals surface area contributed by atoms with Gasteiger partial charge in [-0.3, -0.25) is 5.43 Å². The minimum Gasteiger partial charge on any atom is -0.493 e. The van der Waals surface area contributed by atoms with E-state index in [-0.39, 0.29) is 16.3 Å². The van der Waals surface area contributed by atoms with E-state index >= 15 is 0 Å². The second-order valence-electron chi connectivity index (χ2n) is 6.26. The predicted octanol–water partition coefficient (Wildman–Crippen LogP) is 6.20. The smallest absolute Gasteiger partial charge is 0.343 e. The third-order valence-corrected chi connectivity index (χ3v) is 5.18. The average Bonchev–Trinajstić information content (AvgIpc) is 2.76. The van der Waals surface area contributed by atoms with Gasteiger partial charge in [0.1, 0.15) is 0 Å². The molecule has 3 aromatic rings. The summed E-state index contributed by atoms with van der Waals surface area (Å²) >= 11 is 23.0. The molecule has 0 fully saturated rings. The molecule has 0 saturated carbocycles. The highest BCUT2D eigenvalue weighted by Gasteiger charge is 2.14. The number of methoxy groups -OCH3 is 1. The first kappa shape index (κ1) is 23.8. The van der Waals surface area contributed by atoms with E-state index in [0.29, 0.717) is 26.5 Å². The van der Waals surface area contributed by atoms with Gasteiger partial charge >= 0.3 is 5.97 Å². The first-order chi connectivity index (χ1) is 15.4. The van der Waals surface area contributed by atoms with Crippen molar-refractivity contribution in [3.8, 4) is 11.5 Å². The number of hydrogen-bond acceptors (Lipinski definition) is 5. The van der Waals surface area contributed by atoms with Crippen LogP contribution in [0.4, 0.5) is 5.69 Å². The molecule has 2 N–H and O–H groups in total. The molecule has 10 heteroatoms. The molecule has 3 aromatic carbocycles. The van der Waals surface area contributed by atoms with E-state index in [1.165, 1.54) is 25.3 Å². The third kappa shape index (κ3) is 6.58. The molecule has 0 bridgehead atoms. The fourth-order valence-corrected chi connectivity index (χ4v) is 3.18. The number of carbonyl (C=O) groups is 1. The van der Waals surface area contributed by atoms with Crippen LogP contribution >= 0.6 is 47.0 Å². The maximum Gasteiger partial charge on any atom is 0.343 e. The lowest BCUT2D eigenvalue weighted by Gasteiger charge is -2.10. The zero-order valence-corrected chi connectivity index (χ0v) is 19.6. The molecular weight excluding hydrogens is 493 g/mol. The van der Waals surface area contributed by atoms with E-state index in [9.17, 15) is 4.79 Å². The standard InChI is InChI=1S/C22H16Cl3N3O3S/c1-30-20-9-13(12-26-28-22(32)27-16-4-2-3-15(23)11-16)5-8-19(20)31-21(29)14-6-7-17(24)18(25)10-14/h2-12H,1H3,(H2,27,28,32)/b26-12+. The van der Waals surface area contributed by atoms with Gasteiger partial charge < -0.3 is 14.8 Å². The van der Waals surface area contributed by atoms with Crippen LogP contribution in [0.2, 0.25) is 15.1 Å². The van der Waals surface area contributed by atoms with Gasteiger partial charge in [0.25, 0.3) is 0 Å². The van der Waals surface area contributed by atoms with Crippen molar-refractivity contribution in [2.45, 2.75) is 0 Å². The van der Waals surface area contributed by atoms with Crippen molar-refractivity contribution >= 4 is 70.0 Å². The normalized spacial score (nSPS) is 10.6. The molecule has 0 heterocycles. The van der Waals surface area contributed by atoms with Gasteiger partial charge in [-0.25, -0.2) is 4.79 Å². The van der Waals surface area contributed by atoms with E-state index < -0.39 is 5.97 Å². The SMILES string of the molecule is COc1cc(/C=N/NC(=S)Nc2cccc(Cl)c2)ccc1OC(=O)c1ccc(Cl)c(Cl)c1. The molecule has 6 nitrogen and oxygen atoms in total. The van der Waals surface area contributed by atoms with Gasteiger partial charge in [0.05, 0.1) is 28.9 Å². The number of thiocarbonyl (C=S) groups is 1. The molecule has 0 aliphatic heterocycles. The highest BCUT2D eigenvalue weighted by atomic mass is 35.5. The number of nitrogens with zero attached hydrogens (tertiary/aromatic N) is 1. The number of hydrazone groups is 1. The Kier molecular flexibility index (Phi) is 8.30. The van der Waals surface area contributed by atoms with Crippen LogP contribution in [-0.2, 0) is 0 Å². The number of rotatable bonds is 6. The van der Waals surface area contributed by atoms with Crippen LogP contribution in [0, 0.1) is 0 Å². The van der Waals surface area contributed by atoms with E-state index in [1.54, 1.807) is 42.6 Å². The first-order valence-electron chi connectivity index (χ1n) is 9.06. The van der Waals surface area contributed by atoms with Crippen molar-refractivity contribution in [3.63, 3.8) is 0 Å². The third-order valence-electron chi connectivity index (χ3n) is 4.01. The summed E-state index contributed by atoms with van der Waals surface area (Å²) in [5.74, 6) is -0.00352. The zero-order chi connectivity index (χ0) is 23.1. The molecule has 3 rings (SSSR count). The number of benzene rings is 3. The zero-order valence-electron chi connectivity index (χ0n) is 16.6. The van der Waals surface area contributed by atoms with Gasteiger partial charge in [-0.15, -0.1) is 0 Å². The summed E-state index contributed by atoms with van der Waals surface area (Å²) in [6.07, 6.45) is 1.54. The second kappa shape index (κ2) is 11.2. The summed E-state index contributed by atoms with van der Waals surface area (Å²) in [6.45, 7) is 0. The van der Waals surface area contributed by atoms with E-state index in [0.717, 1.165) is 5.69 Å². The lowest BCUT2D eigenvalue weighted by molar-refractivity contribution is 0.0729. The van der Waals surface area contributed by atoms with Gasteiger partial charge in [0.2, 0.25) is 0 Å². The van der Waals surface area contributed by atoms with Crippen LogP contribution < -0.4 is 20.2 Å². The van der Waals surface area contributed by atoms with Crippen molar-refractivity contribution in [1.82, 2.24) is 5.43 Å². The number of ether oxygens (including phenoxy) is 2. The average molecular weight is 509 g/mol. The largest absolute Gasteiger partial charge is 0.493 e. The Bertz CT molecular complexity index is 1190. The molecule has 0 saturated heterocycles. The fourth-order valence-electron chi connectivity index (χ4n) is 2.52. The molecule has 0 spiro atoms. The Morgan fingerprint density at radius 1 is 1.00 bits per heavy atom. The topological polar surface area (TPSA) is 71.9 Å². The van der Waals surface area contributed by atoms with Gasteiger partial charge in [0.15, 0.2) is 16.6 Å². The Labute approximate surface area is 205 Å². The maximum absolute atomic E-state index is 12.4. The highest BCUT2D eigenvalue weighted by Crippen LogP contribution is 2.29. The van der Waals surface area contributed by atoms with Gasteiger partial charge in [-0.2, -0.15) is 5.10 Å². The van der Waals surface area contributed by atoms with Gasteiger partial charge in [-0.05, 0) is 72.4 Å². The lowest BCUT2D eigenvalue weighted by atomic mass is 10.2. The minimum atomic E-state index is -0.595. The molecular formula is C22H16Cl3N3O3S. The molecule has 32 heavy (non-hydrogen) atoms. The monoisotopic (exact) mass is 507 g/mol. The van der Waals surface area contributed by atoms with Crippen LogP contribution in [0.5, 0.6) is 11.5 Å². The van der Waals surface area contributed by atoms with Crippen LogP contribution in [-0.4, -0.2) is 24.4 Å². The van der Waals surface area contributed by atoms with Gasteiger partial charge in [-0.1, -0.05) is 40.9 Å². The predicted molar refractivity (Wildman–Crippen MR) is 133 cm³/mol. The van der Waals surface area contributed by atoms with E-state index in [2.05, 4.69) is 15.8 Å². The molecule has 0 aliphatic rings. The van der Waals surface area contributed by atoms with E-state index in [1.807, 2.05) is 6.07 Å². The summed E-state index contributed by atoms with van der Waals surface area (Å²) in [6, 6.07) is 16.6. The number of hydrogen-bond donors (Lipinski definition) is 2. The molecule has 0 unspecified atom stereocenters. The van der Waals surface area contributed by atoms with Crippen LogP contribution in [0.1, 0.15) is 15.9 Å². The quantitative estimate of drug-likeness (QED) is 0.136. The Morgan fingerprint density at radius 3 is 2.53 bits per heavy atom. The number of halogens is 3. The van der Waals surface area contributed by atoms with Crippen molar-refractivity contribution < 1.29 is 14.3 Å².